The van der Waals surface area contributed by atoms with E-state index in [0.717, 1.165) is 5.82 Å². The minimum absolute atomic E-state index is 0.196. The Bertz CT molecular complexity index is 396. The summed E-state index contributed by atoms with van der Waals surface area (Å²) >= 11 is 0. The first-order valence-corrected chi connectivity index (χ1v) is 4.01. The van der Waals surface area contributed by atoms with Crippen LogP contribution in [0.5, 0.6) is 0 Å². The fourth-order valence-electron chi connectivity index (χ4n) is 0.952. The Morgan fingerprint density at radius 2 is 2.29 bits per heavy atom. The molecule has 2 heterocycles. The van der Waals surface area contributed by atoms with Gasteiger partial charge in [0.2, 0.25) is 11.9 Å². The first kappa shape index (κ1) is 8.42. The molecule has 72 valence electrons. The Labute approximate surface area is 79.8 Å². The summed E-state index contributed by atoms with van der Waals surface area (Å²) in [7, 11) is 0. The first-order chi connectivity index (χ1) is 6.84. The summed E-state index contributed by atoms with van der Waals surface area (Å²) in [6, 6.07) is 0. The number of nitrogens with one attached hydrogen (secondary N) is 2. The second-order valence-electron chi connectivity index (χ2n) is 2.56. The summed E-state index contributed by atoms with van der Waals surface area (Å²) in [5, 5.41) is 2.95. The van der Waals surface area contributed by atoms with E-state index >= 15 is 0 Å². The maximum absolute atomic E-state index is 5.38. The van der Waals surface area contributed by atoms with Crippen LogP contribution in [0.15, 0.2) is 18.7 Å². The average Bonchev–Trinajstić information content (AvgIpc) is 2.67. The van der Waals surface area contributed by atoms with E-state index in [1.54, 1.807) is 12.4 Å². The summed E-state index contributed by atoms with van der Waals surface area (Å²) in [6.45, 7) is 0.524. The molecular weight excluding hydrogens is 182 g/mol. The number of aromatic amines is 1. The number of nitrogens with two attached hydrogens (primary N) is 1. The number of hydrogen-bond acceptors (Lipinski definition) is 6. The van der Waals surface area contributed by atoms with Crippen LogP contribution in [0.4, 0.5) is 11.9 Å². The molecule has 0 aliphatic carbocycles. The van der Waals surface area contributed by atoms with Crippen molar-refractivity contribution in [3.05, 3.63) is 24.5 Å². The maximum Gasteiger partial charge on any atom is 0.227 e. The van der Waals surface area contributed by atoms with Gasteiger partial charge in [-0.25, -0.2) is 15.0 Å². The van der Waals surface area contributed by atoms with Gasteiger partial charge in [-0.2, -0.15) is 4.98 Å². The number of H-pyrrole nitrogens is 1. The third kappa shape index (κ3) is 1.94. The Morgan fingerprint density at radius 1 is 1.36 bits per heavy atom. The first-order valence-electron chi connectivity index (χ1n) is 4.01. The van der Waals surface area contributed by atoms with Crippen molar-refractivity contribution >= 4 is 11.9 Å². The van der Waals surface area contributed by atoms with Gasteiger partial charge in [0.25, 0.3) is 0 Å². The van der Waals surface area contributed by atoms with Crippen molar-refractivity contribution in [2.24, 2.45) is 0 Å². The van der Waals surface area contributed by atoms with E-state index in [1.807, 2.05) is 0 Å². The van der Waals surface area contributed by atoms with E-state index in [4.69, 9.17) is 5.73 Å². The van der Waals surface area contributed by atoms with E-state index in [2.05, 4.69) is 30.2 Å². The van der Waals surface area contributed by atoms with Crippen LogP contribution in [0.1, 0.15) is 5.82 Å². The molecule has 0 saturated carbocycles. The normalized spacial score (nSPS) is 10.0. The molecular formula is C7H9N7. The summed E-state index contributed by atoms with van der Waals surface area (Å²) in [4.78, 5) is 18.4. The molecule has 7 heteroatoms. The lowest BCUT2D eigenvalue weighted by Crippen LogP contribution is -2.06. The fourth-order valence-corrected chi connectivity index (χ4v) is 0.952. The number of nitrogens with zero attached hydrogens (tertiary/aromatic N) is 4. The molecule has 0 atom stereocenters. The van der Waals surface area contributed by atoms with E-state index < -0.39 is 0 Å². The van der Waals surface area contributed by atoms with Crippen molar-refractivity contribution in [2.45, 2.75) is 6.54 Å². The number of imidazole rings is 1. The van der Waals surface area contributed by atoms with Gasteiger partial charge in [-0.15, -0.1) is 0 Å². The zero-order valence-corrected chi connectivity index (χ0v) is 7.31. The molecule has 0 bridgehead atoms. The van der Waals surface area contributed by atoms with Crippen molar-refractivity contribution in [1.82, 2.24) is 24.9 Å². The molecule has 0 amide bonds. The smallest absolute Gasteiger partial charge is 0.227 e. The van der Waals surface area contributed by atoms with E-state index in [1.165, 1.54) is 6.33 Å². The molecule has 0 spiro atoms. The largest absolute Gasteiger partial charge is 0.368 e. The minimum atomic E-state index is 0.196. The van der Waals surface area contributed by atoms with Gasteiger partial charge >= 0.3 is 0 Å². The number of aromatic nitrogens is 5. The van der Waals surface area contributed by atoms with Crippen LogP contribution < -0.4 is 11.1 Å². The van der Waals surface area contributed by atoms with Crippen molar-refractivity contribution in [2.75, 3.05) is 11.1 Å². The zero-order chi connectivity index (χ0) is 9.80. The Hall–Kier alpha value is -2.18. The highest BCUT2D eigenvalue weighted by molar-refractivity contribution is 5.28. The van der Waals surface area contributed by atoms with Crippen LogP contribution in [0, 0.1) is 0 Å². The molecule has 0 aliphatic heterocycles. The second kappa shape index (κ2) is 3.69. The molecule has 7 nitrogen and oxygen atoms in total. The lowest BCUT2D eigenvalue weighted by atomic mass is 10.6. The van der Waals surface area contributed by atoms with Crippen molar-refractivity contribution < 1.29 is 0 Å². The van der Waals surface area contributed by atoms with Crippen LogP contribution >= 0.6 is 0 Å². The topological polar surface area (TPSA) is 105 Å². The highest BCUT2D eigenvalue weighted by atomic mass is 15.2. The molecule has 0 radical (unpaired) electrons. The van der Waals surface area contributed by atoms with E-state index in [-0.39, 0.29) is 5.95 Å². The molecule has 2 rings (SSSR count). The Balaban J connectivity index is 1.98. The Morgan fingerprint density at radius 3 is 3.00 bits per heavy atom. The van der Waals surface area contributed by atoms with Gasteiger partial charge in [0.1, 0.15) is 12.2 Å². The third-order valence-corrected chi connectivity index (χ3v) is 1.56. The van der Waals surface area contributed by atoms with Crippen molar-refractivity contribution in [3.63, 3.8) is 0 Å². The molecule has 0 fully saturated rings. The van der Waals surface area contributed by atoms with Gasteiger partial charge in [-0.1, -0.05) is 0 Å². The third-order valence-electron chi connectivity index (χ3n) is 1.56. The highest BCUT2D eigenvalue weighted by Crippen LogP contribution is 1.99. The van der Waals surface area contributed by atoms with Crippen molar-refractivity contribution in [1.29, 1.82) is 0 Å². The Kier molecular flexibility index (Phi) is 2.22. The quantitative estimate of drug-likeness (QED) is 0.619. The number of rotatable bonds is 3. The summed E-state index contributed by atoms with van der Waals surface area (Å²) in [6.07, 6.45) is 4.78. The molecule has 0 unspecified atom stereocenters. The molecule has 2 aromatic heterocycles. The lowest BCUT2D eigenvalue weighted by Gasteiger charge is -2.01. The predicted octanol–water partition coefficient (Wildman–Crippen LogP) is -0.211. The van der Waals surface area contributed by atoms with Crippen LogP contribution in [0.2, 0.25) is 0 Å². The number of hydrogen-bond donors (Lipinski definition) is 3. The molecule has 14 heavy (non-hydrogen) atoms. The molecule has 4 N–H and O–H groups in total. The van der Waals surface area contributed by atoms with Gasteiger partial charge in [0.15, 0.2) is 0 Å². The summed E-state index contributed by atoms with van der Waals surface area (Å²) in [5.41, 5.74) is 5.38. The minimum Gasteiger partial charge on any atom is -0.368 e. The standard InChI is InChI=1S/C7H9N7/c8-6-12-4-13-7(14-6)11-3-5-9-1-2-10-5/h1-2,4H,3H2,(H,9,10)(H3,8,11,12,13,14). The van der Waals surface area contributed by atoms with Gasteiger partial charge in [0.05, 0.1) is 6.54 Å². The van der Waals surface area contributed by atoms with Gasteiger partial charge in [-0.3, -0.25) is 0 Å². The number of anilines is 2. The molecule has 0 aliphatic rings. The van der Waals surface area contributed by atoms with Crippen LogP contribution in [-0.4, -0.2) is 24.9 Å². The second-order valence-corrected chi connectivity index (χ2v) is 2.56. The van der Waals surface area contributed by atoms with Crippen LogP contribution in [0.25, 0.3) is 0 Å². The van der Waals surface area contributed by atoms with E-state index in [0.29, 0.717) is 12.5 Å². The summed E-state index contributed by atoms with van der Waals surface area (Å²) in [5.74, 6) is 1.44. The number of nitrogen functional groups attached to an aromatic ring is 1. The maximum atomic E-state index is 5.38. The molecule has 0 aromatic carbocycles. The van der Waals surface area contributed by atoms with Crippen LogP contribution in [0.3, 0.4) is 0 Å². The van der Waals surface area contributed by atoms with Crippen LogP contribution in [-0.2, 0) is 6.54 Å². The highest BCUT2D eigenvalue weighted by Gasteiger charge is 1.98. The zero-order valence-electron chi connectivity index (χ0n) is 7.31. The average molecular weight is 191 g/mol. The predicted molar refractivity (Wildman–Crippen MR) is 50.2 cm³/mol. The molecule has 2 aromatic rings. The summed E-state index contributed by atoms with van der Waals surface area (Å²) < 4.78 is 0. The molecule has 0 saturated heterocycles. The van der Waals surface area contributed by atoms with Gasteiger partial charge < -0.3 is 16.0 Å². The van der Waals surface area contributed by atoms with Gasteiger partial charge in [0, 0.05) is 12.4 Å². The van der Waals surface area contributed by atoms with E-state index in [9.17, 15) is 0 Å². The lowest BCUT2D eigenvalue weighted by molar-refractivity contribution is 0.954. The SMILES string of the molecule is Nc1ncnc(NCc2ncc[nH]2)n1. The monoisotopic (exact) mass is 191 g/mol. The van der Waals surface area contributed by atoms with Crippen molar-refractivity contribution in [3.8, 4) is 0 Å². The van der Waals surface area contributed by atoms with Gasteiger partial charge in [-0.05, 0) is 0 Å². The fraction of sp³-hybridized carbons (Fsp3) is 0.143.